The van der Waals surface area contributed by atoms with E-state index in [1.807, 2.05) is 18.2 Å². The Morgan fingerprint density at radius 3 is 2.11 bits per heavy atom. The van der Waals surface area contributed by atoms with Crippen LogP contribution < -0.4 is 34.3 Å². The Balaban J connectivity index is 0.00000364. The van der Waals surface area contributed by atoms with Crippen molar-refractivity contribution in [3.05, 3.63) is 54.1 Å². The Kier molecular flexibility index (Phi) is 11.3. The van der Waals surface area contributed by atoms with Gasteiger partial charge in [-0.05, 0) is 54.8 Å². The molecule has 0 atom stereocenters. The van der Waals surface area contributed by atoms with Crippen LogP contribution >= 0.6 is 0 Å². The van der Waals surface area contributed by atoms with Gasteiger partial charge in [-0.1, -0.05) is 57.6 Å². The average Bonchev–Trinajstić information content (AvgIpc) is 2.61. The zero-order chi connectivity index (χ0) is 18.8. The first-order valence-corrected chi connectivity index (χ1v) is 10.7. The molecule has 0 heterocycles. The predicted octanol–water partition coefficient (Wildman–Crippen LogP) is 2.68. The Bertz CT molecular complexity index is 773. The summed E-state index contributed by atoms with van der Waals surface area (Å²) in [6.45, 7) is 2.23. The summed E-state index contributed by atoms with van der Waals surface area (Å²) in [6.07, 6.45) is 10.0. The second-order valence-corrected chi connectivity index (χ2v) is 7.93. The molecule has 0 aliphatic heterocycles. The molecule has 0 radical (unpaired) electrons. The molecule has 6 heteroatoms. The van der Waals surface area contributed by atoms with Crippen molar-refractivity contribution in [2.75, 3.05) is 0 Å². The third kappa shape index (κ3) is 9.26. The van der Waals surface area contributed by atoms with E-state index in [9.17, 15) is 13.0 Å². The van der Waals surface area contributed by atoms with Gasteiger partial charge in [0, 0.05) is 0 Å². The Morgan fingerprint density at radius 1 is 0.852 bits per heavy atom. The molecule has 4 nitrogen and oxygen atoms in total. The summed E-state index contributed by atoms with van der Waals surface area (Å²) in [7, 11) is -4.43. The van der Waals surface area contributed by atoms with E-state index >= 15 is 0 Å². The van der Waals surface area contributed by atoms with Crippen LogP contribution in [0.25, 0.3) is 0 Å². The van der Waals surface area contributed by atoms with Crippen molar-refractivity contribution in [3.63, 3.8) is 0 Å². The maximum absolute atomic E-state index is 10.9. The quantitative estimate of drug-likeness (QED) is 0.332. The van der Waals surface area contributed by atoms with Gasteiger partial charge < -0.3 is 9.29 Å². The molecular formula is C21H27NaO4S. The summed E-state index contributed by atoms with van der Waals surface area (Å²) < 4.78 is 38.6. The third-order valence-electron chi connectivity index (χ3n) is 4.32. The molecule has 0 saturated carbocycles. The van der Waals surface area contributed by atoms with Crippen molar-refractivity contribution in [2.45, 2.75) is 63.2 Å². The molecule has 0 aromatic heterocycles. The molecule has 0 fully saturated rings. The molecule has 0 N–H and O–H groups in total. The maximum Gasteiger partial charge on any atom is 1.00 e. The van der Waals surface area contributed by atoms with Crippen molar-refractivity contribution in [3.8, 4) is 11.5 Å². The van der Waals surface area contributed by atoms with Crippen LogP contribution in [0.2, 0.25) is 0 Å². The van der Waals surface area contributed by atoms with Crippen molar-refractivity contribution in [1.29, 1.82) is 0 Å². The van der Waals surface area contributed by atoms with Gasteiger partial charge in [0.25, 0.3) is 0 Å². The van der Waals surface area contributed by atoms with Crippen LogP contribution in [-0.4, -0.2) is 13.0 Å². The number of benzene rings is 2. The number of ether oxygens (including phenoxy) is 1. The van der Waals surface area contributed by atoms with Crippen molar-refractivity contribution >= 4 is 10.1 Å². The minimum absolute atomic E-state index is 0. The van der Waals surface area contributed by atoms with E-state index in [-0.39, 0.29) is 34.5 Å². The molecule has 142 valence electrons. The minimum atomic E-state index is -4.43. The van der Waals surface area contributed by atoms with Gasteiger partial charge in [-0.15, -0.1) is 0 Å². The van der Waals surface area contributed by atoms with E-state index in [0.29, 0.717) is 11.5 Å². The number of aryl methyl sites for hydroxylation is 1. The van der Waals surface area contributed by atoms with Gasteiger partial charge in [0.1, 0.15) is 21.6 Å². The van der Waals surface area contributed by atoms with Crippen molar-refractivity contribution < 1.29 is 47.3 Å². The van der Waals surface area contributed by atoms with E-state index in [1.54, 1.807) is 0 Å². The zero-order valence-electron chi connectivity index (χ0n) is 16.3. The molecular weight excluding hydrogens is 371 g/mol. The molecule has 2 aromatic carbocycles. The van der Waals surface area contributed by atoms with E-state index in [1.165, 1.54) is 74.8 Å². The summed E-state index contributed by atoms with van der Waals surface area (Å²) in [5, 5.41) is 0. The second-order valence-electron chi connectivity index (χ2n) is 6.55. The smallest absolute Gasteiger partial charge is 0.744 e. The summed E-state index contributed by atoms with van der Waals surface area (Å²) in [5.41, 5.74) is 1.23. The molecule has 0 aliphatic rings. The minimum Gasteiger partial charge on any atom is -0.744 e. The van der Waals surface area contributed by atoms with Gasteiger partial charge >= 0.3 is 29.6 Å². The summed E-state index contributed by atoms with van der Waals surface area (Å²) in [4.78, 5) is -0.252. The third-order valence-corrected chi connectivity index (χ3v) is 5.17. The van der Waals surface area contributed by atoms with E-state index in [2.05, 4.69) is 13.0 Å². The van der Waals surface area contributed by atoms with Crippen LogP contribution in [-0.2, 0) is 16.5 Å². The van der Waals surface area contributed by atoms with Crippen LogP contribution in [0.1, 0.15) is 57.4 Å². The van der Waals surface area contributed by atoms with Crippen molar-refractivity contribution in [2.24, 2.45) is 0 Å². The Morgan fingerprint density at radius 2 is 1.48 bits per heavy atom. The van der Waals surface area contributed by atoms with Gasteiger partial charge in [-0.25, -0.2) is 8.42 Å². The standard InChI is InChI=1S/C21H28O4S.Na/c1-2-3-4-5-6-7-8-10-18-11-9-12-20(17-18)25-19-13-15-21(16-14-19)26(22,23)24;/h9,11-17H,2-8,10H2,1H3,(H,22,23,24);/q;+1/p-1. The first-order valence-electron chi connectivity index (χ1n) is 9.32. The summed E-state index contributed by atoms with van der Waals surface area (Å²) in [6, 6.07) is 13.4. The van der Waals surface area contributed by atoms with Gasteiger partial charge in [-0.3, -0.25) is 0 Å². The van der Waals surface area contributed by atoms with E-state index in [4.69, 9.17) is 4.74 Å². The number of unbranched alkanes of at least 4 members (excludes halogenated alkanes) is 6. The van der Waals surface area contributed by atoms with Crippen LogP contribution in [0.5, 0.6) is 11.5 Å². The molecule has 0 unspecified atom stereocenters. The van der Waals surface area contributed by atoms with Crippen molar-refractivity contribution in [1.82, 2.24) is 0 Å². The maximum atomic E-state index is 10.9. The fraction of sp³-hybridized carbons (Fsp3) is 0.429. The van der Waals surface area contributed by atoms with Gasteiger partial charge in [0.05, 0.1) is 4.90 Å². The molecule has 0 spiro atoms. The first kappa shape index (κ1) is 24.2. The Labute approximate surface area is 185 Å². The molecule has 27 heavy (non-hydrogen) atoms. The Hall–Kier alpha value is -0.850. The van der Waals surface area contributed by atoms with Gasteiger partial charge in [0.15, 0.2) is 0 Å². The predicted molar refractivity (Wildman–Crippen MR) is 103 cm³/mol. The topological polar surface area (TPSA) is 66.4 Å². The van der Waals surface area contributed by atoms with Crippen LogP contribution in [0, 0.1) is 0 Å². The van der Waals surface area contributed by atoms with Crippen LogP contribution in [0.15, 0.2) is 53.4 Å². The molecule has 0 saturated heterocycles. The van der Waals surface area contributed by atoms with E-state index < -0.39 is 10.1 Å². The van der Waals surface area contributed by atoms with Crippen LogP contribution in [0.4, 0.5) is 0 Å². The molecule has 0 bridgehead atoms. The summed E-state index contributed by atoms with van der Waals surface area (Å²) in [5.74, 6) is 1.22. The van der Waals surface area contributed by atoms with Crippen LogP contribution in [0.3, 0.4) is 0 Å². The first-order chi connectivity index (χ1) is 12.5. The largest absolute Gasteiger partial charge is 1.00 e. The molecule has 2 aromatic rings. The number of hydrogen-bond donors (Lipinski definition) is 0. The van der Waals surface area contributed by atoms with E-state index in [0.717, 1.165) is 6.42 Å². The molecule has 0 aliphatic carbocycles. The fourth-order valence-corrected chi connectivity index (χ4v) is 3.33. The monoisotopic (exact) mass is 398 g/mol. The van der Waals surface area contributed by atoms with Gasteiger partial charge in [-0.2, -0.15) is 0 Å². The number of hydrogen-bond acceptors (Lipinski definition) is 4. The summed E-state index contributed by atoms with van der Waals surface area (Å²) >= 11 is 0. The molecule has 2 rings (SSSR count). The van der Waals surface area contributed by atoms with Gasteiger partial charge in [0.2, 0.25) is 0 Å². The SMILES string of the molecule is CCCCCCCCCc1cccc(Oc2ccc(S(=O)(=O)[O-])cc2)c1.[Na+]. The average molecular weight is 399 g/mol. The number of rotatable bonds is 11. The fourth-order valence-electron chi connectivity index (χ4n) is 2.86. The molecule has 0 amide bonds. The zero-order valence-corrected chi connectivity index (χ0v) is 19.1. The normalized spacial score (nSPS) is 11.0. The second kappa shape index (κ2) is 12.6.